The molecule has 68 valence electrons. The van der Waals surface area contributed by atoms with Crippen LogP contribution in [0.15, 0.2) is 24.5 Å². The Kier molecular flexibility index (Phi) is 2.39. The third-order valence-electron chi connectivity index (χ3n) is 2.66. The highest BCUT2D eigenvalue weighted by Crippen LogP contribution is 2.28. The largest absolute Gasteiger partial charge is 0.299 e. The number of ketones is 1. The molecule has 0 radical (unpaired) electrons. The maximum atomic E-state index is 11.6. The average Bonchev–Trinajstić information content (AvgIpc) is 2.02. The lowest BCUT2D eigenvalue weighted by atomic mass is 9.80. The molecular formula is C11H13NO. The van der Waals surface area contributed by atoms with Gasteiger partial charge in [-0.2, -0.15) is 0 Å². The van der Waals surface area contributed by atoms with Gasteiger partial charge in [0.15, 0.2) is 0 Å². The van der Waals surface area contributed by atoms with Crippen molar-refractivity contribution in [3.05, 3.63) is 30.1 Å². The van der Waals surface area contributed by atoms with Crippen LogP contribution >= 0.6 is 0 Å². The summed E-state index contributed by atoms with van der Waals surface area (Å²) < 4.78 is 0. The van der Waals surface area contributed by atoms with Crippen molar-refractivity contribution in [2.75, 3.05) is 0 Å². The first kappa shape index (κ1) is 8.42. The van der Waals surface area contributed by atoms with Crippen molar-refractivity contribution >= 4 is 5.78 Å². The Morgan fingerprint density at radius 3 is 2.92 bits per heavy atom. The fourth-order valence-electron chi connectivity index (χ4n) is 1.58. The molecule has 1 saturated carbocycles. The molecule has 0 atom stereocenters. The van der Waals surface area contributed by atoms with Crippen LogP contribution in [0, 0.1) is 5.92 Å². The lowest BCUT2D eigenvalue weighted by Gasteiger charge is -2.23. The van der Waals surface area contributed by atoms with Crippen LogP contribution in [-0.4, -0.2) is 10.8 Å². The molecule has 0 bridgehead atoms. The number of nitrogens with zero attached hydrogens (tertiary/aromatic N) is 1. The number of rotatable bonds is 3. The minimum Gasteiger partial charge on any atom is -0.299 e. The van der Waals surface area contributed by atoms with Crippen LogP contribution in [0.5, 0.6) is 0 Å². The summed E-state index contributed by atoms with van der Waals surface area (Å²) in [5.41, 5.74) is 1.04. The first-order valence-corrected chi connectivity index (χ1v) is 4.78. The van der Waals surface area contributed by atoms with E-state index < -0.39 is 0 Å². The Bertz CT molecular complexity index is 290. The van der Waals surface area contributed by atoms with E-state index in [1.165, 1.54) is 6.42 Å². The summed E-state index contributed by atoms with van der Waals surface area (Å²) in [6.07, 6.45) is 7.49. The van der Waals surface area contributed by atoms with Crippen LogP contribution in [0.25, 0.3) is 0 Å². The Morgan fingerprint density at radius 1 is 1.54 bits per heavy atom. The van der Waals surface area contributed by atoms with E-state index in [2.05, 4.69) is 4.98 Å². The van der Waals surface area contributed by atoms with E-state index in [1.54, 1.807) is 12.4 Å². The Hall–Kier alpha value is -1.18. The predicted octanol–water partition coefficient (Wildman–Crippen LogP) is 1.99. The first-order valence-electron chi connectivity index (χ1n) is 4.78. The molecule has 0 spiro atoms. The van der Waals surface area contributed by atoms with Crippen LogP contribution in [-0.2, 0) is 11.2 Å². The molecule has 0 amide bonds. The van der Waals surface area contributed by atoms with Crippen molar-refractivity contribution < 1.29 is 4.79 Å². The predicted molar refractivity (Wildman–Crippen MR) is 50.3 cm³/mol. The summed E-state index contributed by atoms with van der Waals surface area (Å²) in [5, 5.41) is 0. The number of pyridine rings is 1. The van der Waals surface area contributed by atoms with E-state index in [4.69, 9.17) is 0 Å². The topological polar surface area (TPSA) is 30.0 Å². The van der Waals surface area contributed by atoms with Crippen LogP contribution in [0.4, 0.5) is 0 Å². The number of hydrogen-bond donors (Lipinski definition) is 0. The van der Waals surface area contributed by atoms with Crippen LogP contribution in [0.3, 0.4) is 0 Å². The van der Waals surface area contributed by atoms with Gasteiger partial charge in [0.25, 0.3) is 0 Å². The van der Waals surface area contributed by atoms with Gasteiger partial charge in [0.1, 0.15) is 5.78 Å². The summed E-state index contributed by atoms with van der Waals surface area (Å²) >= 11 is 0. The highest BCUT2D eigenvalue weighted by Gasteiger charge is 2.24. The van der Waals surface area contributed by atoms with E-state index >= 15 is 0 Å². The monoisotopic (exact) mass is 175 g/mol. The van der Waals surface area contributed by atoms with Gasteiger partial charge in [-0.15, -0.1) is 0 Å². The second-order valence-corrected chi connectivity index (χ2v) is 3.63. The smallest absolute Gasteiger partial charge is 0.140 e. The highest BCUT2D eigenvalue weighted by molar-refractivity contribution is 5.83. The summed E-state index contributed by atoms with van der Waals surface area (Å²) in [4.78, 5) is 15.6. The SMILES string of the molecule is O=C(Cc1cccnc1)C1CCC1. The fraction of sp³-hybridized carbons (Fsp3) is 0.455. The van der Waals surface area contributed by atoms with Gasteiger partial charge in [-0.05, 0) is 24.5 Å². The van der Waals surface area contributed by atoms with Crippen molar-refractivity contribution in [1.29, 1.82) is 0 Å². The first-order chi connectivity index (χ1) is 6.36. The number of carbonyl (C=O) groups excluding carboxylic acids is 1. The molecular weight excluding hydrogens is 162 g/mol. The van der Waals surface area contributed by atoms with Gasteiger partial charge in [-0.25, -0.2) is 0 Å². The Morgan fingerprint density at radius 2 is 2.38 bits per heavy atom. The van der Waals surface area contributed by atoms with Crippen molar-refractivity contribution in [3.8, 4) is 0 Å². The molecule has 1 fully saturated rings. The fourth-order valence-corrected chi connectivity index (χ4v) is 1.58. The molecule has 1 aliphatic carbocycles. The minimum atomic E-state index is 0.347. The van der Waals surface area contributed by atoms with Crippen molar-refractivity contribution in [3.63, 3.8) is 0 Å². The van der Waals surface area contributed by atoms with E-state index in [0.717, 1.165) is 18.4 Å². The van der Waals surface area contributed by atoms with Crippen molar-refractivity contribution in [2.45, 2.75) is 25.7 Å². The molecule has 2 nitrogen and oxygen atoms in total. The molecule has 0 N–H and O–H groups in total. The molecule has 1 aliphatic rings. The van der Waals surface area contributed by atoms with Gasteiger partial charge in [-0.1, -0.05) is 12.5 Å². The van der Waals surface area contributed by atoms with Gasteiger partial charge in [-0.3, -0.25) is 9.78 Å². The third-order valence-corrected chi connectivity index (χ3v) is 2.66. The quantitative estimate of drug-likeness (QED) is 0.703. The average molecular weight is 175 g/mol. The second-order valence-electron chi connectivity index (χ2n) is 3.63. The van der Waals surface area contributed by atoms with Gasteiger partial charge in [0.2, 0.25) is 0 Å². The Labute approximate surface area is 78.0 Å². The van der Waals surface area contributed by atoms with E-state index in [0.29, 0.717) is 18.1 Å². The molecule has 1 aromatic heterocycles. The normalized spacial score (nSPS) is 16.6. The third kappa shape index (κ3) is 1.94. The van der Waals surface area contributed by atoms with E-state index in [-0.39, 0.29) is 0 Å². The number of carbonyl (C=O) groups is 1. The second kappa shape index (κ2) is 3.69. The summed E-state index contributed by atoms with van der Waals surface area (Å²) in [7, 11) is 0. The Balaban J connectivity index is 1.94. The zero-order chi connectivity index (χ0) is 9.10. The van der Waals surface area contributed by atoms with Crippen LogP contribution < -0.4 is 0 Å². The summed E-state index contributed by atoms with van der Waals surface area (Å²) in [5.74, 6) is 0.736. The van der Waals surface area contributed by atoms with Gasteiger partial charge >= 0.3 is 0 Å². The van der Waals surface area contributed by atoms with E-state index in [9.17, 15) is 4.79 Å². The standard InChI is InChI=1S/C11H13NO/c13-11(10-4-1-5-10)7-9-3-2-6-12-8-9/h2-3,6,8,10H,1,4-5,7H2. The summed E-state index contributed by atoms with van der Waals surface area (Å²) in [6.45, 7) is 0. The number of Topliss-reactive ketones (excluding diaryl/α,β-unsaturated/α-hetero) is 1. The summed E-state index contributed by atoms with van der Waals surface area (Å²) in [6, 6.07) is 3.84. The molecule has 2 rings (SSSR count). The highest BCUT2D eigenvalue weighted by atomic mass is 16.1. The van der Waals surface area contributed by atoms with Crippen molar-refractivity contribution in [1.82, 2.24) is 4.98 Å². The number of aromatic nitrogens is 1. The lowest BCUT2D eigenvalue weighted by molar-refractivity contribution is -0.124. The molecule has 0 saturated heterocycles. The molecule has 1 aromatic rings. The maximum Gasteiger partial charge on any atom is 0.140 e. The molecule has 2 heteroatoms. The molecule has 1 heterocycles. The van der Waals surface area contributed by atoms with Gasteiger partial charge < -0.3 is 0 Å². The van der Waals surface area contributed by atoms with Crippen LogP contribution in [0.1, 0.15) is 24.8 Å². The van der Waals surface area contributed by atoms with Gasteiger partial charge in [0, 0.05) is 24.7 Å². The molecule has 0 unspecified atom stereocenters. The molecule has 0 aliphatic heterocycles. The minimum absolute atomic E-state index is 0.347. The van der Waals surface area contributed by atoms with Crippen LogP contribution in [0.2, 0.25) is 0 Å². The maximum absolute atomic E-state index is 11.6. The molecule has 13 heavy (non-hydrogen) atoms. The van der Waals surface area contributed by atoms with Crippen molar-refractivity contribution in [2.24, 2.45) is 5.92 Å². The zero-order valence-corrected chi connectivity index (χ0v) is 7.57. The molecule has 0 aromatic carbocycles. The van der Waals surface area contributed by atoms with Gasteiger partial charge in [0.05, 0.1) is 0 Å². The van der Waals surface area contributed by atoms with E-state index in [1.807, 2.05) is 12.1 Å². The number of hydrogen-bond acceptors (Lipinski definition) is 2. The lowest BCUT2D eigenvalue weighted by Crippen LogP contribution is -2.23. The zero-order valence-electron chi connectivity index (χ0n) is 7.57.